The SMILES string of the molecule is CC(C)(C)OC(=O)N1CC=CC12CCOC2=O. The number of rotatable bonds is 0. The quantitative estimate of drug-likeness (QED) is 0.474. The summed E-state index contributed by atoms with van der Waals surface area (Å²) >= 11 is 0. The first-order chi connectivity index (χ1) is 7.85. The number of cyclic esters (lactones) is 1. The van der Waals surface area contributed by atoms with E-state index in [2.05, 4.69) is 0 Å². The Morgan fingerprint density at radius 1 is 1.53 bits per heavy atom. The molecule has 17 heavy (non-hydrogen) atoms. The van der Waals surface area contributed by atoms with E-state index in [-0.39, 0.29) is 5.97 Å². The van der Waals surface area contributed by atoms with Crippen molar-refractivity contribution < 1.29 is 19.1 Å². The van der Waals surface area contributed by atoms with Gasteiger partial charge < -0.3 is 9.47 Å². The van der Waals surface area contributed by atoms with Crippen LogP contribution < -0.4 is 0 Å². The van der Waals surface area contributed by atoms with Crippen LogP contribution >= 0.6 is 0 Å². The summed E-state index contributed by atoms with van der Waals surface area (Å²) in [4.78, 5) is 25.2. The fourth-order valence-corrected chi connectivity index (χ4v) is 2.08. The van der Waals surface area contributed by atoms with Crippen LogP contribution in [0.4, 0.5) is 4.79 Å². The van der Waals surface area contributed by atoms with Crippen LogP contribution in [0.25, 0.3) is 0 Å². The minimum atomic E-state index is -0.928. The molecule has 5 nitrogen and oxygen atoms in total. The zero-order valence-corrected chi connectivity index (χ0v) is 10.4. The maximum Gasteiger partial charge on any atom is 0.411 e. The van der Waals surface area contributed by atoms with Crippen LogP contribution in [0.15, 0.2) is 12.2 Å². The molecule has 0 aromatic heterocycles. The van der Waals surface area contributed by atoms with Crippen molar-refractivity contribution in [2.45, 2.75) is 38.3 Å². The summed E-state index contributed by atoms with van der Waals surface area (Å²) in [6.07, 6.45) is 3.57. The molecule has 1 unspecified atom stereocenters. The topological polar surface area (TPSA) is 55.8 Å². The molecule has 2 aliphatic heterocycles. The Labute approximate surface area is 100 Å². The lowest BCUT2D eigenvalue weighted by Gasteiger charge is -2.32. The second kappa shape index (κ2) is 3.75. The molecule has 1 fully saturated rings. The van der Waals surface area contributed by atoms with Crippen molar-refractivity contribution in [2.24, 2.45) is 0 Å². The summed E-state index contributed by atoms with van der Waals surface area (Å²) in [5.41, 5.74) is -1.49. The molecule has 0 bridgehead atoms. The molecule has 2 aliphatic rings. The molecular weight excluding hydrogens is 222 g/mol. The fraction of sp³-hybridized carbons (Fsp3) is 0.667. The van der Waals surface area contributed by atoms with Crippen molar-refractivity contribution >= 4 is 12.1 Å². The van der Waals surface area contributed by atoms with Gasteiger partial charge in [0.25, 0.3) is 0 Å². The zero-order chi connectivity index (χ0) is 12.7. The van der Waals surface area contributed by atoms with Crippen LogP contribution in [-0.4, -0.2) is 41.3 Å². The van der Waals surface area contributed by atoms with Gasteiger partial charge in [0.2, 0.25) is 0 Å². The number of hydrogen-bond acceptors (Lipinski definition) is 4. The highest BCUT2D eigenvalue weighted by molar-refractivity contribution is 5.90. The Morgan fingerprint density at radius 3 is 2.76 bits per heavy atom. The molecule has 0 N–H and O–H groups in total. The largest absolute Gasteiger partial charge is 0.464 e. The molecule has 0 aromatic carbocycles. The Hall–Kier alpha value is -1.52. The van der Waals surface area contributed by atoms with Crippen LogP contribution in [0.2, 0.25) is 0 Å². The number of esters is 1. The molecule has 1 amide bonds. The lowest BCUT2D eigenvalue weighted by Crippen LogP contribution is -2.52. The number of hydrogen-bond donors (Lipinski definition) is 0. The summed E-state index contributed by atoms with van der Waals surface area (Å²) < 4.78 is 10.3. The van der Waals surface area contributed by atoms with Crippen LogP contribution in [0.5, 0.6) is 0 Å². The van der Waals surface area contributed by atoms with Gasteiger partial charge in [-0.15, -0.1) is 0 Å². The van der Waals surface area contributed by atoms with E-state index in [1.807, 2.05) is 0 Å². The molecule has 1 atom stereocenters. The molecule has 2 heterocycles. The zero-order valence-electron chi connectivity index (χ0n) is 10.4. The van der Waals surface area contributed by atoms with Crippen molar-refractivity contribution in [2.75, 3.05) is 13.2 Å². The molecule has 0 aromatic rings. The van der Waals surface area contributed by atoms with Crippen LogP contribution in [0.3, 0.4) is 0 Å². The summed E-state index contributed by atoms with van der Waals surface area (Å²) in [5, 5.41) is 0. The normalized spacial score (nSPS) is 27.7. The van der Waals surface area contributed by atoms with Gasteiger partial charge in [-0.25, -0.2) is 9.59 Å². The Bertz CT molecular complexity index is 382. The Morgan fingerprint density at radius 2 is 2.24 bits per heavy atom. The van der Waals surface area contributed by atoms with Crippen molar-refractivity contribution in [1.82, 2.24) is 4.90 Å². The lowest BCUT2D eigenvalue weighted by molar-refractivity contribution is -0.145. The summed E-state index contributed by atoms with van der Waals surface area (Å²) in [7, 11) is 0. The summed E-state index contributed by atoms with van der Waals surface area (Å²) in [5.74, 6) is -0.364. The van der Waals surface area contributed by atoms with E-state index < -0.39 is 17.2 Å². The van der Waals surface area contributed by atoms with Crippen molar-refractivity contribution in [3.05, 3.63) is 12.2 Å². The van der Waals surface area contributed by atoms with Gasteiger partial charge in [-0.2, -0.15) is 0 Å². The molecule has 1 spiro atoms. The average Bonchev–Trinajstić information content (AvgIpc) is 2.74. The minimum Gasteiger partial charge on any atom is -0.464 e. The van der Waals surface area contributed by atoms with Crippen molar-refractivity contribution in [1.29, 1.82) is 0 Å². The second-order valence-corrected chi connectivity index (χ2v) is 5.30. The van der Waals surface area contributed by atoms with E-state index in [1.165, 1.54) is 4.90 Å². The van der Waals surface area contributed by atoms with Crippen LogP contribution in [0.1, 0.15) is 27.2 Å². The third-order valence-electron chi connectivity index (χ3n) is 2.85. The van der Waals surface area contributed by atoms with E-state index in [0.29, 0.717) is 19.6 Å². The molecular formula is C12H17NO4. The molecule has 2 rings (SSSR count). The van der Waals surface area contributed by atoms with Gasteiger partial charge in [0.15, 0.2) is 5.54 Å². The van der Waals surface area contributed by atoms with Crippen LogP contribution in [0, 0.1) is 0 Å². The van der Waals surface area contributed by atoms with E-state index in [9.17, 15) is 9.59 Å². The Balaban J connectivity index is 2.17. The molecule has 5 heteroatoms. The van der Waals surface area contributed by atoms with E-state index in [4.69, 9.17) is 9.47 Å². The predicted octanol–water partition coefficient (Wildman–Crippen LogP) is 1.48. The maximum atomic E-state index is 12.0. The second-order valence-electron chi connectivity index (χ2n) is 5.30. The molecule has 94 valence electrons. The highest BCUT2D eigenvalue weighted by Gasteiger charge is 2.52. The first-order valence-electron chi connectivity index (χ1n) is 5.71. The number of carbonyl (C=O) groups is 2. The molecule has 0 aliphatic carbocycles. The first-order valence-corrected chi connectivity index (χ1v) is 5.71. The van der Waals surface area contributed by atoms with Gasteiger partial charge in [0.1, 0.15) is 5.60 Å². The minimum absolute atomic E-state index is 0.350. The standard InChI is InChI=1S/C12H17NO4/c1-11(2,3)17-10(15)13-7-4-5-12(13)6-8-16-9(12)14/h4-5H,6-8H2,1-3H3. The number of nitrogens with zero attached hydrogens (tertiary/aromatic N) is 1. The molecule has 0 saturated carbocycles. The van der Waals surface area contributed by atoms with E-state index in [0.717, 1.165) is 0 Å². The highest BCUT2D eigenvalue weighted by Crippen LogP contribution is 2.34. The predicted molar refractivity (Wildman–Crippen MR) is 60.4 cm³/mol. The monoisotopic (exact) mass is 239 g/mol. The number of carbonyl (C=O) groups excluding carboxylic acids is 2. The van der Waals surface area contributed by atoms with Gasteiger partial charge >= 0.3 is 12.1 Å². The first kappa shape index (κ1) is 12.0. The lowest BCUT2D eigenvalue weighted by atomic mass is 9.98. The molecule has 0 radical (unpaired) electrons. The summed E-state index contributed by atoms with van der Waals surface area (Å²) in [6, 6.07) is 0. The smallest absolute Gasteiger partial charge is 0.411 e. The number of ether oxygens (including phenoxy) is 2. The third-order valence-corrected chi connectivity index (χ3v) is 2.85. The average molecular weight is 239 g/mol. The van der Waals surface area contributed by atoms with Gasteiger partial charge in [0.05, 0.1) is 6.61 Å². The van der Waals surface area contributed by atoms with Crippen molar-refractivity contribution in [3.8, 4) is 0 Å². The number of amides is 1. The fourth-order valence-electron chi connectivity index (χ4n) is 2.08. The van der Waals surface area contributed by atoms with Crippen molar-refractivity contribution in [3.63, 3.8) is 0 Å². The van der Waals surface area contributed by atoms with E-state index in [1.54, 1.807) is 32.9 Å². The molecule has 1 saturated heterocycles. The highest BCUT2D eigenvalue weighted by atomic mass is 16.6. The van der Waals surface area contributed by atoms with Gasteiger partial charge in [0, 0.05) is 13.0 Å². The van der Waals surface area contributed by atoms with Gasteiger partial charge in [-0.3, -0.25) is 4.90 Å². The maximum absolute atomic E-state index is 12.0. The Kier molecular flexibility index (Phi) is 2.64. The summed E-state index contributed by atoms with van der Waals surface area (Å²) in [6.45, 7) is 6.14. The third kappa shape index (κ3) is 2.01. The van der Waals surface area contributed by atoms with E-state index >= 15 is 0 Å². The van der Waals surface area contributed by atoms with Gasteiger partial charge in [-0.05, 0) is 26.8 Å². The van der Waals surface area contributed by atoms with Gasteiger partial charge in [-0.1, -0.05) is 6.08 Å². The van der Waals surface area contributed by atoms with Crippen LogP contribution in [-0.2, 0) is 14.3 Å².